The third kappa shape index (κ3) is 6.06. The number of nitrogens with one attached hydrogen (secondary N) is 2. The van der Waals surface area contributed by atoms with Gasteiger partial charge in [0, 0.05) is 31.4 Å². The summed E-state index contributed by atoms with van der Waals surface area (Å²) in [5.74, 6) is 5.12. The van der Waals surface area contributed by atoms with E-state index in [0.717, 1.165) is 0 Å². The Morgan fingerprint density at radius 2 is 2.19 bits per heavy atom. The van der Waals surface area contributed by atoms with Crippen LogP contribution in [0.3, 0.4) is 0 Å². The van der Waals surface area contributed by atoms with Crippen LogP contribution >= 0.6 is 0 Å². The summed E-state index contributed by atoms with van der Waals surface area (Å²) in [7, 11) is 0. The van der Waals surface area contributed by atoms with Crippen LogP contribution in [0, 0.1) is 11.8 Å². The van der Waals surface area contributed by atoms with Crippen LogP contribution in [-0.4, -0.2) is 35.9 Å². The lowest BCUT2D eigenvalue weighted by Crippen LogP contribution is -2.34. The Morgan fingerprint density at radius 1 is 1.43 bits per heavy atom. The van der Waals surface area contributed by atoms with Crippen LogP contribution in [0.5, 0.6) is 0 Å². The zero-order valence-corrected chi connectivity index (χ0v) is 12.3. The molecule has 0 aliphatic heterocycles. The van der Waals surface area contributed by atoms with Crippen molar-refractivity contribution in [3.63, 3.8) is 0 Å². The van der Waals surface area contributed by atoms with Gasteiger partial charge in [0.05, 0.1) is 17.7 Å². The molecular weight excluding hydrogens is 268 g/mol. The Labute approximate surface area is 124 Å². The van der Waals surface area contributed by atoms with Crippen LogP contribution in [0.2, 0.25) is 0 Å². The number of amides is 2. The van der Waals surface area contributed by atoms with Crippen molar-refractivity contribution in [2.45, 2.75) is 26.3 Å². The van der Waals surface area contributed by atoms with Gasteiger partial charge in [0.1, 0.15) is 0 Å². The van der Waals surface area contributed by atoms with E-state index in [-0.39, 0.29) is 37.4 Å². The third-order valence-corrected chi connectivity index (χ3v) is 2.48. The highest BCUT2D eigenvalue weighted by Crippen LogP contribution is 2.05. The van der Waals surface area contributed by atoms with Gasteiger partial charge in [-0.3, -0.25) is 14.6 Å². The summed E-state index contributed by atoms with van der Waals surface area (Å²) in [5, 5.41) is 5.45. The molecule has 0 unspecified atom stereocenters. The lowest BCUT2D eigenvalue weighted by Gasteiger charge is -2.09. The van der Waals surface area contributed by atoms with E-state index in [1.54, 1.807) is 6.07 Å². The molecule has 1 rings (SSSR count). The number of hydrogen-bond donors (Lipinski definition) is 3. The summed E-state index contributed by atoms with van der Waals surface area (Å²) in [5.41, 5.74) is 6.26. The van der Waals surface area contributed by atoms with Crippen LogP contribution in [-0.2, 0) is 4.79 Å². The minimum atomic E-state index is -0.281. The molecule has 0 aromatic carbocycles. The Morgan fingerprint density at radius 3 is 2.86 bits per heavy atom. The molecule has 112 valence electrons. The fourth-order valence-corrected chi connectivity index (χ4v) is 1.62. The quantitative estimate of drug-likeness (QED) is 0.666. The number of pyridine rings is 1. The van der Waals surface area contributed by atoms with Crippen LogP contribution in [0.1, 0.15) is 36.2 Å². The molecule has 0 spiro atoms. The summed E-state index contributed by atoms with van der Waals surface area (Å²) in [6.07, 6.45) is 3.27. The molecule has 0 bridgehead atoms. The molecule has 0 saturated heterocycles. The van der Waals surface area contributed by atoms with Crippen molar-refractivity contribution in [1.29, 1.82) is 0 Å². The van der Waals surface area contributed by atoms with E-state index < -0.39 is 0 Å². The van der Waals surface area contributed by atoms with E-state index in [1.807, 2.05) is 13.8 Å². The minimum absolute atomic E-state index is 0.0894. The molecular formula is C15H20N4O2. The molecule has 0 fully saturated rings. The highest BCUT2D eigenvalue weighted by molar-refractivity contribution is 5.96. The maximum absolute atomic E-state index is 12.1. The molecule has 4 N–H and O–H groups in total. The number of carbonyl (C=O) groups is 2. The molecule has 2 amide bonds. The van der Waals surface area contributed by atoms with Gasteiger partial charge >= 0.3 is 0 Å². The summed E-state index contributed by atoms with van der Waals surface area (Å²) >= 11 is 0. The molecule has 6 heteroatoms. The first-order chi connectivity index (χ1) is 10.0. The highest BCUT2D eigenvalue weighted by atomic mass is 16.2. The van der Waals surface area contributed by atoms with Crippen molar-refractivity contribution >= 4 is 11.8 Å². The monoisotopic (exact) mass is 288 g/mol. The lowest BCUT2D eigenvalue weighted by atomic mass is 10.1. The molecule has 1 heterocycles. The Kier molecular flexibility index (Phi) is 6.92. The van der Waals surface area contributed by atoms with Crippen LogP contribution < -0.4 is 16.4 Å². The normalized spacial score (nSPS) is 9.71. The minimum Gasteiger partial charge on any atom is -0.354 e. The van der Waals surface area contributed by atoms with Crippen molar-refractivity contribution in [3.05, 3.63) is 29.6 Å². The van der Waals surface area contributed by atoms with Gasteiger partial charge < -0.3 is 16.4 Å². The van der Waals surface area contributed by atoms with Crippen LogP contribution in [0.25, 0.3) is 0 Å². The number of carbonyl (C=O) groups excluding carboxylic acids is 2. The molecule has 0 radical (unpaired) electrons. The SMILES string of the molecule is CC(C)NC(=O)CCNC(=O)c1ccncc1C#CCN. The molecule has 1 aromatic rings. The van der Waals surface area contributed by atoms with E-state index in [2.05, 4.69) is 27.5 Å². The predicted molar refractivity (Wildman–Crippen MR) is 80.4 cm³/mol. The second kappa shape index (κ2) is 8.72. The van der Waals surface area contributed by atoms with Crippen molar-refractivity contribution in [1.82, 2.24) is 15.6 Å². The van der Waals surface area contributed by atoms with Crippen molar-refractivity contribution in [3.8, 4) is 11.8 Å². The van der Waals surface area contributed by atoms with E-state index >= 15 is 0 Å². The number of nitrogens with two attached hydrogens (primary N) is 1. The van der Waals surface area contributed by atoms with Crippen LogP contribution in [0.15, 0.2) is 18.5 Å². The molecule has 1 aromatic heterocycles. The number of rotatable bonds is 5. The average Bonchev–Trinajstić information content (AvgIpc) is 2.44. The molecule has 0 aliphatic carbocycles. The van der Waals surface area contributed by atoms with E-state index in [4.69, 9.17) is 5.73 Å². The zero-order valence-electron chi connectivity index (χ0n) is 12.3. The van der Waals surface area contributed by atoms with Gasteiger partial charge in [-0.15, -0.1) is 0 Å². The van der Waals surface area contributed by atoms with Crippen LogP contribution in [0.4, 0.5) is 0 Å². The first-order valence-corrected chi connectivity index (χ1v) is 6.75. The lowest BCUT2D eigenvalue weighted by molar-refractivity contribution is -0.121. The molecule has 0 saturated carbocycles. The van der Waals surface area contributed by atoms with Gasteiger partial charge in [-0.2, -0.15) is 0 Å². The van der Waals surface area contributed by atoms with Crippen molar-refractivity contribution < 1.29 is 9.59 Å². The zero-order chi connectivity index (χ0) is 15.7. The van der Waals surface area contributed by atoms with E-state index in [1.165, 1.54) is 12.4 Å². The van der Waals surface area contributed by atoms with E-state index in [0.29, 0.717) is 11.1 Å². The second-order valence-corrected chi connectivity index (χ2v) is 4.66. The summed E-state index contributed by atoms with van der Waals surface area (Å²) in [6.45, 7) is 4.25. The molecule has 6 nitrogen and oxygen atoms in total. The van der Waals surface area contributed by atoms with Crippen molar-refractivity contribution in [2.24, 2.45) is 5.73 Å². The third-order valence-electron chi connectivity index (χ3n) is 2.48. The largest absolute Gasteiger partial charge is 0.354 e. The number of aromatic nitrogens is 1. The maximum atomic E-state index is 12.1. The molecule has 0 aliphatic rings. The van der Waals surface area contributed by atoms with Gasteiger partial charge in [-0.05, 0) is 19.9 Å². The topological polar surface area (TPSA) is 97.1 Å². The standard InChI is InChI=1S/C15H20N4O2/c1-11(2)19-14(20)6-9-18-15(21)13-5-8-17-10-12(13)4-3-7-16/h5,8,10-11H,6-7,9,16H2,1-2H3,(H,18,21)(H,19,20). The van der Waals surface area contributed by atoms with Crippen molar-refractivity contribution in [2.75, 3.05) is 13.1 Å². The smallest absolute Gasteiger partial charge is 0.252 e. The summed E-state index contributed by atoms with van der Waals surface area (Å²) < 4.78 is 0. The first-order valence-electron chi connectivity index (χ1n) is 6.75. The fourth-order valence-electron chi connectivity index (χ4n) is 1.62. The number of hydrogen-bond acceptors (Lipinski definition) is 4. The van der Waals surface area contributed by atoms with E-state index in [9.17, 15) is 9.59 Å². The highest BCUT2D eigenvalue weighted by Gasteiger charge is 2.10. The average molecular weight is 288 g/mol. The van der Waals surface area contributed by atoms with Gasteiger partial charge in [0.2, 0.25) is 5.91 Å². The fraction of sp³-hybridized carbons (Fsp3) is 0.400. The Hall–Kier alpha value is -2.39. The first kappa shape index (κ1) is 16.7. The predicted octanol–water partition coefficient (Wildman–Crippen LogP) is 0.0363. The summed E-state index contributed by atoms with van der Waals surface area (Å²) in [4.78, 5) is 27.5. The molecule has 0 atom stereocenters. The van der Waals surface area contributed by atoms with Gasteiger partial charge in [0.25, 0.3) is 5.91 Å². The second-order valence-electron chi connectivity index (χ2n) is 4.66. The summed E-state index contributed by atoms with van der Waals surface area (Å²) in [6, 6.07) is 1.68. The number of nitrogens with zero attached hydrogens (tertiary/aromatic N) is 1. The van der Waals surface area contributed by atoms with Gasteiger partial charge in [-0.1, -0.05) is 11.8 Å². The van der Waals surface area contributed by atoms with Gasteiger partial charge in [-0.25, -0.2) is 0 Å². The Balaban J connectivity index is 2.58. The van der Waals surface area contributed by atoms with Gasteiger partial charge in [0.15, 0.2) is 0 Å². The molecule has 21 heavy (non-hydrogen) atoms. The maximum Gasteiger partial charge on any atom is 0.252 e. The Bertz CT molecular complexity index is 558.